The Hall–Kier alpha value is -3.41. The summed E-state index contributed by atoms with van der Waals surface area (Å²) in [7, 11) is 1.75. The van der Waals surface area contributed by atoms with Gasteiger partial charge in [0.25, 0.3) is 5.91 Å². The molecule has 2 heterocycles. The van der Waals surface area contributed by atoms with Crippen LogP contribution in [0.25, 0.3) is 10.9 Å². The Labute approximate surface area is 156 Å². The summed E-state index contributed by atoms with van der Waals surface area (Å²) in [4.78, 5) is 12.6. The lowest BCUT2D eigenvalue weighted by Crippen LogP contribution is -2.15. The molecule has 0 radical (unpaired) electrons. The van der Waals surface area contributed by atoms with Crippen molar-refractivity contribution in [3.63, 3.8) is 0 Å². The van der Waals surface area contributed by atoms with E-state index in [9.17, 15) is 9.18 Å². The summed E-state index contributed by atoms with van der Waals surface area (Å²) in [6.45, 7) is 2.68. The first kappa shape index (κ1) is 17.0. The summed E-state index contributed by atoms with van der Waals surface area (Å²) in [5.74, 6) is -0.586. The SMILES string of the molecule is Cc1cccc(Cn2cc(NC(=O)c3cc4ccc(F)cc4n3C)cn2)c1. The van der Waals surface area contributed by atoms with Gasteiger partial charge in [-0.05, 0) is 36.8 Å². The van der Waals surface area contributed by atoms with Crippen LogP contribution in [0, 0.1) is 12.7 Å². The number of anilines is 1. The van der Waals surface area contributed by atoms with Crippen LogP contribution >= 0.6 is 0 Å². The maximum Gasteiger partial charge on any atom is 0.272 e. The fraction of sp³-hybridized carbons (Fsp3) is 0.143. The van der Waals surface area contributed by atoms with Crippen molar-refractivity contribution in [3.05, 3.63) is 83.6 Å². The Morgan fingerprint density at radius 2 is 2.04 bits per heavy atom. The van der Waals surface area contributed by atoms with Gasteiger partial charge in [0.1, 0.15) is 11.5 Å². The highest BCUT2D eigenvalue weighted by atomic mass is 19.1. The second kappa shape index (κ2) is 6.72. The first-order valence-electron chi connectivity index (χ1n) is 8.64. The fourth-order valence-corrected chi connectivity index (χ4v) is 3.23. The van der Waals surface area contributed by atoms with Crippen LogP contribution in [0.4, 0.5) is 10.1 Å². The van der Waals surface area contributed by atoms with Crippen LogP contribution in [0.15, 0.2) is 60.9 Å². The van der Waals surface area contributed by atoms with Crippen molar-refractivity contribution in [2.24, 2.45) is 7.05 Å². The molecule has 0 aliphatic carbocycles. The number of benzene rings is 2. The molecule has 5 nitrogen and oxygen atoms in total. The molecule has 0 aliphatic rings. The van der Waals surface area contributed by atoms with Crippen LogP contribution in [-0.2, 0) is 13.6 Å². The lowest BCUT2D eigenvalue weighted by atomic mass is 10.1. The average molecular weight is 362 g/mol. The molecule has 136 valence electrons. The Balaban J connectivity index is 1.52. The lowest BCUT2D eigenvalue weighted by molar-refractivity contribution is 0.101. The molecule has 1 amide bonds. The summed E-state index contributed by atoms with van der Waals surface area (Å²) in [5, 5.41) is 7.98. The minimum absolute atomic E-state index is 0.260. The highest BCUT2D eigenvalue weighted by Gasteiger charge is 2.15. The molecule has 0 saturated carbocycles. The van der Waals surface area contributed by atoms with E-state index in [-0.39, 0.29) is 11.7 Å². The van der Waals surface area contributed by atoms with Crippen LogP contribution < -0.4 is 5.32 Å². The summed E-state index contributed by atoms with van der Waals surface area (Å²) in [6.07, 6.45) is 3.42. The van der Waals surface area contributed by atoms with Gasteiger partial charge in [-0.1, -0.05) is 29.8 Å². The normalized spacial score (nSPS) is 11.1. The van der Waals surface area contributed by atoms with E-state index >= 15 is 0 Å². The number of aromatic nitrogens is 3. The molecule has 6 heteroatoms. The second-order valence-corrected chi connectivity index (χ2v) is 6.66. The monoisotopic (exact) mass is 362 g/mol. The van der Waals surface area contributed by atoms with Crippen molar-refractivity contribution in [3.8, 4) is 0 Å². The molecular weight excluding hydrogens is 343 g/mol. The minimum Gasteiger partial charge on any atom is -0.340 e. The van der Waals surface area contributed by atoms with E-state index in [4.69, 9.17) is 0 Å². The van der Waals surface area contributed by atoms with E-state index in [1.807, 2.05) is 25.1 Å². The van der Waals surface area contributed by atoms with Gasteiger partial charge in [0.05, 0.1) is 23.9 Å². The fourth-order valence-electron chi connectivity index (χ4n) is 3.23. The van der Waals surface area contributed by atoms with Crippen molar-refractivity contribution < 1.29 is 9.18 Å². The van der Waals surface area contributed by atoms with Crippen LogP contribution in [0.3, 0.4) is 0 Å². The number of nitrogens with zero attached hydrogens (tertiary/aromatic N) is 3. The molecule has 0 atom stereocenters. The predicted octanol–water partition coefficient (Wildman–Crippen LogP) is 4.12. The van der Waals surface area contributed by atoms with Crippen molar-refractivity contribution in [1.82, 2.24) is 14.3 Å². The molecule has 4 aromatic rings. The number of nitrogens with one attached hydrogen (secondary N) is 1. The van der Waals surface area contributed by atoms with Crippen LogP contribution in [-0.4, -0.2) is 20.3 Å². The topological polar surface area (TPSA) is 51.9 Å². The van der Waals surface area contributed by atoms with Crippen LogP contribution in [0.5, 0.6) is 0 Å². The van der Waals surface area contributed by atoms with Crippen molar-refractivity contribution in [1.29, 1.82) is 0 Å². The van der Waals surface area contributed by atoms with E-state index in [2.05, 4.69) is 16.5 Å². The van der Waals surface area contributed by atoms with Gasteiger partial charge in [-0.15, -0.1) is 0 Å². The largest absolute Gasteiger partial charge is 0.340 e. The standard InChI is InChI=1S/C21H19FN4O/c1-14-4-3-5-15(8-14)12-26-13-18(11-23-26)24-21(27)20-9-16-6-7-17(22)10-19(16)25(20)2/h3-11,13H,12H2,1-2H3,(H,24,27). The maximum atomic E-state index is 13.5. The van der Waals surface area contributed by atoms with E-state index in [1.165, 1.54) is 17.7 Å². The third-order valence-corrected chi connectivity index (χ3v) is 4.56. The quantitative estimate of drug-likeness (QED) is 0.594. The summed E-state index contributed by atoms with van der Waals surface area (Å²) >= 11 is 0. The molecule has 2 aromatic carbocycles. The van der Waals surface area contributed by atoms with Gasteiger partial charge in [-0.3, -0.25) is 9.48 Å². The van der Waals surface area contributed by atoms with Crippen molar-refractivity contribution >= 4 is 22.5 Å². The van der Waals surface area contributed by atoms with E-state index in [0.29, 0.717) is 23.4 Å². The summed E-state index contributed by atoms with van der Waals surface area (Å²) in [5.41, 5.74) is 4.09. The van der Waals surface area contributed by atoms with Gasteiger partial charge in [0.15, 0.2) is 0 Å². The number of aryl methyl sites for hydroxylation is 2. The number of fused-ring (bicyclic) bond motifs is 1. The minimum atomic E-state index is -0.326. The van der Waals surface area contributed by atoms with Gasteiger partial charge >= 0.3 is 0 Å². The molecule has 4 rings (SSSR count). The van der Waals surface area contributed by atoms with Gasteiger partial charge < -0.3 is 9.88 Å². The van der Waals surface area contributed by atoms with E-state index < -0.39 is 0 Å². The Morgan fingerprint density at radius 3 is 2.85 bits per heavy atom. The van der Waals surface area contributed by atoms with Crippen molar-refractivity contribution in [2.75, 3.05) is 5.32 Å². The first-order valence-corrected chi connectivity index (χ1v) is 8.64. The molecule has 0 unspecified atom stereocenters. The Morgan fingerprint density at radius 1 is 1.19 bits per heavy atom. The molecule has 0 fully saturated rings. The summed E-state index contributed by atoms with van der Waals surface area (Å²) in [6, 6.07) is 14.4. The molecule has 1 N–H and O–H groups in total. The molecular formula is C21H19FN4O. The zero-order valence-electron chi connectivity index (χ0n) is 15.1. The van der Waals surface area contributed by atoms with Gasteiger partial charge in [-0.2, -0.15) is 5.10 Å². The average Bonchev–Trinajstić information content (AvgIpc) is 3.19. The zero-order valence-corrected chi connectivity index (χ0v) is 15.1. The number of carbonyl (C=O) groups is 1. The van der Waals surface area contributed by atoms with Gasteiger partial charge in [0, 0.05) is 18.6 Å². The predicted molar refractivity (Wildman–Crippen MR) is 103 cm³/mol. The third-order valence-electron chi connectivity index (χ3n) is 4.56. The highest BCUT2D eigenvalue weighted by Crippen LogP contribution is 2.21. The van der Waals surface area contributed by atoms with Crippen LogP contribution in [0.2, 0.25) is 0 Å². The van der Waals surface area contributed by atoms with E-state index in [1.54, 1.807) is 40.8 Å². The maximum absolute atomic E-state index is 13.5. The molecule has 27 heavy (non-hydrogen) atoms. The van der Waals surface area contributed by atoms with Crippen LogP contribution in [0.1, 0.15) is 21.6 Å². The second-order valence-electron chi connectivity index (χ2n) is 6.66. The molecule has 0 saturated heterocycles. The molecule has 0 bridgehead atoms. The number of rotatable bonds is 4. The Kier molecular flexibility index (Phi) is 4.24. The van der Waals surface area contributed by atoms with Gasteiger partial charge in [0.2, 0.25) is 0 Å². The number of halogens is 1. The summed E-state index contributed by atoms with van der Waals surface area (Å²) < 4.78 is 16.9. The lowest BCUT2D eigenvalue weighted by Gasteiger charge is -2.05. The Bertz CT molecular complexity index is 1140. The third kappa shape index (κ3) is 3.46. The number of carbonyl (C=O) groups excluding carboxylic acids is 1. The number of hydrogen-bond acceptors (Lipinski definition) is 2. The number of hydrogen-bond donors (Lipinski definition) is 1. The highest BCUT2D eigenvalue weighted by molar-refractivity contribution is 6.06. The number of amides is 1. The van der Waals surface area contributed by atoms with Crippen molar-refractivity contribution in [2.45, 2.75) is 13.5 Å². The zero-order chi connectivity index (χ0) is 19.0. The molecule has 0 aliphatic heterocycles. The molecule has 2 aromatic heterocycles. The van der Waals surface area contributed by atoms with E-state index in [0.717, 1.165) is 10.9 Å². The van der Waals surface area contributed by atoms with Gasteiger partial charge in [-0.25, -0.2) is 4.39 Å². The smallest absolute Gasteiger partial charge is 0.272 e. The first-order chi connectivity index (χ1) is 13.0. The molecule has 0 spiro atoms.